The number of aliphatic hydroxyl groups excluding tert-OH is 1. The maximum absolute atomic E-state index is 12.8. The summed E-state index contributed by atoms with van der Waals surface area (Å²) in [5.74, 6) is -0.391. The van der Waals surface area contributed by atoms with Gasteiger partial charge in [-0.15, -0.1) is 0 Å². The second kappa shape index (κ2) is 6.82. The molecule has 0 saturated carbocycles. The summed E-state index contributed by atoms with van der Waals surface area (Å²) in [5, 5.41) is 10.0. The van der Waals surface area contributed by atoms with Crippen LogP contribution in [-0.2, 0) is 18.0 Å². The van der Waals surface area contributed by atoms with Gasteiger partial charge in [0.2, 0.25) is 0 Å². The lowest BCUT2D eigenvalue weighted by molar-refractivity contribution is -0.137. The summed E-state index contributed by atoms with van der Waals surface area (Å²) in [7, 11) is 4.56. The van der Waals surface area contributed by atoms with Crippen molar-refractivity contribution in [3.63, 3.8) is 0 Å². The SMILES string of the molecule is COCC(O)CN(C)C(=O)c1cc2cc(C(F)(F)F)ccc2n1C. The molecule has 2 rings (SSSR count). The maximum atomic E-state index is 12.8. The van der Waals surface area contributed by atoms with E-state index in [2.05, 4.69) is 0 Å². The number of fused-ring (bicyclic) bond motifs is 1. The molecule has 8 heteroatoms. The molecule has 0 saturated heterocycles. The Morgan fingerprint density at radius 3 is 2.62 bits per heavy atom. The zero-order valence-corrected chi connectivity index (χ0v) is 13.6. The highest BCUT2D eigenvalue weighted by Gasteiger charge is 2.31. The number of aliphatic hydroxyl groups is 1. The highest BCUT2D eigenvalue weighted by Crippen LogP contribution is 2.32. The number of amides is 1. The first kappa shape index (κ1) is 18.3. The van der Waals surface area contributed by atoms with E-state index >= 15 is 0 Å². The molecule has 1 unspecified atom stereocenters. The van der Waals surface area contributed by atoms with Crippen LogP contribution in [0.1, 0.15) is 16.1 Å². The predicted molar refractivity (Wildman–Crippen MR) is 82.8 cm³/mol. The van der Waals surface area contributed by atoms with Gasteiger partial charge in [0.15, 0.2) is 0 Å². The maximum Gasteiger partial charge on any atom is 0.416 e. The van der Waals surface area contributed by atoms with Crippen LogP contribution in [0.15, 0.2) is 24.3 Å². The van der Waals surface area contributed by atoms with Gasteiger partial charge in [-0.1, -0.05) is 0 Å². The van der Waals surface area contributed by atoms with Gasteiger partial charge in [0.05, 0.1) is 18.3 Å². The smallest absolute Gasteiger partial charge is 0.389 e. The fraction of sp³-hybridized carbons (Fsp3) is 0.438. The first-order valence-corrected chi connectivity index (χ1v) is 7.24. The molecule has 0 bridgehead atoms. The van der Waals surface area contributed by atoms with E-state index in [1.165, 1.54) is 35.8 Å². The first-order valence-electron chi connectivity index (χ1n) is 7.24. The predicted octanol–water partition coefficient (Wildman–Crippen LogP) is 2.28. The number of halogens is 3. The molecule has 5 nitrogen and oxygen atoms in total. The van der Waals surface area contributed by atoms with E-state index in [-0.39, 0.29) is 18.8 Å². The number of nitrogens with zero attached hydrogens (tertiary/aromatic N) is 2. The number of carbonyl (C=O) groups is 1. The van der Waals surface area contributed by atoms with Gasteiger partial charge >= 0.3 is 6.18 Å². The normalized spacial score (nSPS) is 13.3. The van der Waals surface area contributed by atoms with Crippen molar-refractivity contribution in [2.24, 2.45) is 7.05 Å². The summed E-state index contributed by atoms with van der Waals surface area (Å²) in [5.41, 5.74) is 0.0112. The Bertz CT molecular complexity index is 740. The first-order chi connectivity index (χ1) is 11.1. The number of alkyl halides is 3. The number of aryl methyl sites for hydroxylation is 1. The molecule has 1 N–H and O–H groups in total. The highest BCUT2D eigenvalue weighted by atomic mass is 19.4. The molecule has 1 aromatic carbocycles. The van der Waals surface area contributed by atoms with Crippen LogP contribution in [0.25, 0.3) is 10.9 Å². The zero-order chi connectivity index (χ0) is 18.1. The van der Waals surface area contributed by atoms with Gasteiger partial charge in [-0.3, -0.25) is 4.79 Å². The van der Waals surface area contributed by atoms with Crippen LogP contribution in [0.4, 0.5) is 13.2 Å². The Morgan fingerprint density at radius 2 is 2.04 bits per heavy atom. The minimum atomic E-state index is -4.44. The molecule has 0 radical (unpaired) electrons. The highest BCUT2D eigenvalue weighted by molar-refractivity contribution is 5.98. The molecule has 1 aromatic heterocycles. The largest absolute Gasteiger partial charge is 0.416 e. The fourth-order valence-electron chi connectivity index (χ4n) is 2.57. The Morgan fingerprint density at radius 1 is 1.38 bits per heavy atom. The van der Waals surface area contributed by atoms with Crippen molar-refractivity contribution < 1.29 is 27.8 Å². The van der Waals surface area contributed by atoms with E-state index < -0.39 is 23.8 Å². The van der Waals surface area contributed by atoms with Crippen LogP contribution < -0.4 is 0 Å². The molecule has 1 heterocycles. The average Bonchev–Trinajstić information content (AvgIpc) is 2.82. The zero-order valence-electron chi connectivity index (χ0n) is 13.6. The van der Waals surface area contributed by atoms with Crippen molar-refractivity contribution in [1.29, 1.82) is 0 Å². The third kappa shape index (κ3) is 3.70. The number of rotatable bonds is 5. The lowest BCUT2D eigenvalue weighted by Gasteiger charge is -2.20. The molecule has 1 amide bonds. The van der Waals surface area contributed by atoms with Crippen LogP contribution in [0.5, 0.6) is 0 Å². The van der Waals surface area contributed by atoms with Crippen LogP contribution in [0.2, 0.25) is 0 Å². The monoisotopic (exact) mass is 344 g/mol. The van der Waals surface area contributed by atoms with Crippen molar-refractivity contribution in [2.75, 3.05) is 27.3 Å². The van der Waals surface area contributed by atoms with Gasteiger partial charge in [0, 0.05) is 38.7 Å². The molecule has 0 aliphatic carbocycles. The van der Waals surface area contributed by atoms with E-state index in [0.717, 1.165) is 12.1 Å². The molecular formula is C16H19F3N2O3. The number of likely N-dealkylation sites (N-methyl/N-ethyl adjacent to an activating group) is 1. The minimum Gasteiger partial charge on any atom is -0.389 e. The molecule has 0 spiro atoms. The van der Waals surface area contributed by atoms with E-state index in [1.54, 1.807) is 7.05 Å². The standard InChI is InChI=1S/C16H19F3N2O3/c1-20(8-12(22)9-24-3)15(23)14-7-10-6-11(16(17,18)19)4-5-13(10)21(14)2/h4-7,12,22H,8-9H2,1-3H3. The van der Waals surface area contributed by atoms with Gasteiger partial charge in [-0.25, -0.2) is 0 Å². The number of aromatic nitrogens is 1. The Labute approximate surface area is 137 Å². The lowest BCUT2D eigenvalue weighted by Crippen LogP contribution is -2.36. The summed E-state index contributed by atoms with van der Waals surface area (Å²) in [4.78, 5) is 13.8. The van der Waals surface area contributed by atoms with Crippen molar-refractivity contribution in [1.82, 2.24) is 9.47 Å². The van der Waals surface area contributed by atoms with Crippen LogP contribution in [0.3, 0.4) is 0 Å². The third-order valence-electron chi connectivity index (χ3n) is 3.78. The summed E-state index contributed by atoms with van der Waals surface area (Å²) in [6.45, 7) is 0.143. The van der Waals surface area contributed by atoms with Crippen molar-refractivity contribution in [2.45, 2.75) is 12.3 Å². The number of benzene rings is 1. The Kier molecular flexibility index (Phi) is 5.19. The average molecular weight is 344 g/mol. The minimum absolute atomic E-state index is 0.0575. The van der Waals surface area contributed by atoms with E-state index in [9.17, 15) is 23.1 Å². The summed E-state index contributed by atoms with van der Waals surface area (Å²) < 4.78 is 44.8. The third-order valence-corrected chi connectivity index (χ3v) is 3.78. The number of ether oxygens (including phenoxy) is 1. The number of carbonyl (C=O) groups excluding carboxylic acids is 1. The van der Waals surface area contributed by atoms with Crippen molar-refractivity contribution in [3.05, 3.63) is 35.5 Å². The Hall–Kier alpha value is -2.06. The Balaban J connectivity index is 2.32. The molecule has 0 aliphatic heterocycles. The number of methoxy groups -OCH3 is 1. The fourth-order valence-corrected chi connectivity index (χ4v) is 2.57. The van der Waals surface area contributed by atoms with Gasteiger partial charge in [0.25, 0.3) is 5.91 Å². The molecule has 0 fully saturated rings. The van der Waals surface area contributed by atoms with E-state index in [4.69, 9.17) is 4.74 Å². The van der Waals surface area contributed by atoms with E-state index in [0.29, 0.717) is 10.9 Å². The van der Waals surface area contributed by atoms with Crippen molar-refractivity contribution >= 4 is 16.8 Å². The lowest BCUT2D eigenvalue weighted by atomic mass is 10.1. The van der Waals surface area contributed by atoms with Gasteiger partial charge < -0.3 is 19.3 Å². The van der Waals surface area contributed by atoms with Gasteiger partial charge in [-0.2, -0.15) is 13.2 Å². The second-order valence-electron chi connectivity index (χ2n) is 5.65. The second-order valence-corrected chi connectivity index (χ2v) is 5.65. The molecule has 2 aromatic rings. The molecule has 24 heavy (non-hydrogen) atoms. The van der Waals surface area contributed by atoms with Gasteiger partial charge in [0.1, 0.15) is 5.69 Å². The summed E-state index contributed by atoms with van der Waals surface area (Å²) in [6.07, 6.45) is -5.27. The van der Waals surface area contributed by atoms with Crippen LogP contribution in [-0.4, -0.2) is 53.9 Å². The quantitative estimate of drug-likeness (QED) is 0.905. The summed E-state index contributed by atoms with van der Waals surface area (Å²) in [6, 6.07) is 4.77. The van der Waals surface area contributed by atoms with Gasteiger partial charge in [-0.05, 0) is 24.3 Å². The number of hydrogen-bond acceptors (Lipinski definition) is 3. The molecule has 1 atom stereocenters. The molecule has 132 valence electrons. The van der Waals surface area contributed by atoms with Crippen LogP contribution in [0, 0.1) is 0 Å². The van der Waals surface area contributed by atoms with E-state index in [1.807, 2.05) is 0 Å². The summed E-state index contributed by atoms with van der Waals surface area (Å²) >= 11 is 0. The number of hydrogen-bond donors (Lipinski definition) is 1. The topological polar surface area (TPSA) is 54.7 Å². The molecule has 0 aliphatic rings. The van der Waals surface area contributed by atoms with Crippen LogP contribution >= 0.6 is 0 Å². The molecular weight excluding hydrogens is 325 g/mol. The van der Waals surface area contributed by atoms with Crippen molar-refractivity contribution in [3.8, 4) is 0 Å².